The summed E-state index contributed by atoms with van der Waals surface area (Å²) < 4.78 is 2.08. The van der Waals surface area contributed by atoms with Crippen molar-refractivity contribution in [3.63, 3.8) is 0 Å². The lowest BCUT2D eigenvalue weighted by molar-refractivity contribution is 0.0970. The van der Waals surface area contributed by atoms with Crippen LogP contribution in [-0.4, -0.2) is 32.8 Å². The van der Waals surface area contributed by atoms with Gasteiger partial charge in [0.15, 0.2) is 5.78 Å². The number of carbonyl (C=O) groups excluding carboxylic acids is 2. The van der Waals surface area contributed by atoms with E-state index in [0.717, 1.165) is 47.2 Å². The molecule has 1 amide bonds. The molecule has 126 valence electrons. The number of imidazole rings is 1. The number of amides is 1. The highest BCUT2D eigenvalue weighted by atomic mass is 16.2. The number of carbonyl (C=O) groups is 2. The molecule has 0 unspecified atom stereocenters. The Morgan fingerprint density at radius 1 is 1.20 bits per heavy atom. The second-order valence-electron chi connectivity index (χ2n) is 6.76. The van der Waals surface area contributed by atoms with Crippen molar-refractivity contribution in [1.82, 2.24) is 14.5 Å². The number of nitrogens with one attached hydrogen (secondary N) is 1. The maximum absolute atomic E-state index is 13.2. The van der Waals surface area contributed by atoms with E-state index in [2.05, 4.69) is 14.5 Å². The molecule has 25 heavy (non-hydrogen) atoms. The largest absolute Gasteiger partial charge is 0.354 e. The van der Waals surface area contributed by atoms with E-state index in [9.17, 15) is 9.59 Å². The molecule has 5 rings (SSSR count). The average Bonchev–Trinajstić information content (AvgIpc) is 3.26. The highest BCUT2D eigenvalue weighted by Crippen LogP contribution is 2.31. The highest BCUT2D eigenvalue weighted by molar-refractivity contribution is 6.09. The number of aromatic nitrogens is 3. The molecular formula is C19H18N4O2. The molecule has 2 aromatic heterocycles. The zero-order valence-corrected chi connectivity index (χ0v) is 14.0. The van der Waals surface area contributed by atoms with Gasteiger partial charge in [-0.1, -0.05) is 12.1 Å². The van der Waals surface area contributed by atoms with Crippen LogP contribution in [0.4, 0.5) is 5.95 Å². The summed E-state index contributed by atoms with van der Waals surface area (Å²) in [4.78, 5) is 35.0. The molecule has 0 saturated carbocycles. The standard InChI is InChI=1S/C19H18N4O2/c1-11-16-13(6-4-8-15(16)24)20-17(11)18(25)23-10-9-22-14-7-3-2-5-12(14)21-19(22)23/h2-3,5,7,20H,4,6,8-10H2,1H3. The Bertz CT molecular complexity index is 1040. The van der Waals surface area contributed by atoms with Gasteiger partial charge in [-0.15, -0.1) is 0 Å². The summed E-state index contributed by atoms with van der Waals surface area (Å²) in [6, 6.07) is 7.92. The molecule has 0 bridgehead atoms. The minimum absolute atomic E-state index is 0.103. The second kappa shape index (κ2) is 5.05. The number of fused-ring (bicyclic) bond motifs is 4. The number of H-pyrrole nitrogens is 1. The highest BCUT2D eigenvalue weighted by Gasteiger charge is 2.33. The topological polar surface area (TPSA) is 71.0 Å². The molecule has 1 aliphatic heterocycles. The third-order valence-corrected chi connectivity index (χ3v) is 5.32. The van der Waals surface area contributed by atoms with Crippen molar-refractivity contribution in [2.24, 2.45) is 0 Å². The van der Waals surface area contributed by atoms with Gasteiger partial charge in [0, 0.05) is 30.8 Å². The summed E-state index contributed by atoms with van der Waals surface area (Å²) in [5, 5.41) is 0. The third-order valence-electron chi connectivity index (χ3n) is 5.32. The van der Waals surface area contributed by atoms with Gasteiger partial charge in [0.25, 0.3) is 5.91 Å². The predicted molar refractivity (Wildman–Crippen MR) is 94.2 cm³/mol. The van der Waals surface area contributed by atoms with E-state index in [4.69, 9.17) is 0 Å². The van der Waals surface area contributed by atoms with E-state index in [-0.39, 0.29) is 11.7 Å². The van der Waals surface area contributed by atoms with Crippen LogP contribution in [0.25, 0.3) is 11.0 Å². The number of rotatable bonds is 1. The Kier molecular flexibility index (Phi) is 2.92. The minimum atomic E-state index is -0.103. The number of hydrogen-bond acceptors (Lipinski definition) is 3. The molecule has 0 fully saturated rings. The van der Waals surface area contributed by atoms with E-state index < -0.39 is 0 Å². The van der Waals surface area contributed by atoms with E-state index in [0.29, 0.717) is 24.6 Å². The molecule has 6 nitrogen and oxygen atoms in total. The first-order valence-corrected chi connectivity index (χ1v) is 8.67. The summed E-state index contributed by atoms with van der Waals surface area (Å²) in [6.07, 6.45) is 2.24. The SMILES string of the molecule is Cc1c(C(=O)N2CCn3c2nc2ccccc23)[nH]c2c1C(=O)CCC2. The molecule has 0 spiro atoms. The van der Waals surface area contributed by atoms with Gasteiger partial charge in [0.2, 0.25) is 5.95 Å². The molecule has 3 heterocycles. The number of aryl methyl sites for hydroxylation is 1. The number of benzene rings is 1. The van der Waals surface area contributed by atoms with Gasteiger partial charge in [-0.25, -0.2) is 4.98 Å². The van der Waals surface area contributed by atoms with Crippen molar-refractivity contribution in [1.29, 1.82) is 0 Å². The molecule has 1 N–H and O–H groups in total. The summed E-state index contributed by atoms with van der Waals surface area (Å²) >= 11 is 0. The first kappa shape index (κ1) is 14.5. The second-order valence-corrected chi connectivity index (χ2v) is 6.76. The molecule has 0 saturated heterocycles. The average molecular weight is 334 g/mol. The fourth-order valence-electron chi connectivity index (χ4n) is 4.10. The minimum Gasteiger partial charge on any atom is -0.354 e. The molecule has 1 aromatic carbocycles. The number of aromatic amines is 1. The number of ketones is 1. The Labute approximate surface area is 144 Å². The Morgan fingerprint density at radius 2 is 2.04 bits per heavy atom. The smallest absolute Gasteiger partial charge is 0.277 e. The number of Topliss-reactive ketones (excluding diaryl/α,β-unsaturated/α-hetero) is 1. The Balaban J connectivity index is 1.58. The predicted octanol–water partition coefficient (Wildman–Crippen LogP) is 2.85. The number of nitrogens with zero attached hydrogens (tertiary/aromatic N) is 3. The summed E-state index contributed by atoms with van der Waals surface area (Å²) in [7, 11) is 0. The van der Waals surface area contributed by atoms with Gasteiger partial charge in [0.05, 0.1) is 11.0 Å². The maximum atomic E-state index is 13.2. The van der Waals surface area contributed by atoms with Gasteiger partial charge in [-0.05, 0) is 37.5 Å². The van der Waals surface area contributed by atoms with Gasteiger partial charge in [0.1, 0.15) is 5.69 Å². The fraction of sp³-hybridized carbons (Fsp3) is 0.316. The first-order valence-electron chi connectivity index (χ1n) is 8.67. The van der Waals surface area contributed by atoms with E-state index >= 15 is 0 Å². The van der Waals surface area contributed by atoms with Crippen molar-refractivity contribution in [3.05, 3.63) is 46.8 Å². The van der Waals surface area contributed by atoms with Crippen LogP contribution in [0, 0.1) is 6.92 Å². The van der Waals surface area contributed by atoms with Crippen molar-refractivity contribution in [2.45, 2.75) is 32.7 Å². The number of hydrogen-bond donors (Lipinski definition) is 1. The Hall–Kier alpha value is -2.89. The molecular weight excluding hydrogens is 316 g/mol. The van der Waals surface area contributed by atoms with Crippen LogP contribution in [0.1, 0.15) is 44.9 Å². The molecule has 2 aliphatic rings. The maximum Gasteiger partial charge on any atom is 0.277 e. The van der Waals surface area contributed by atoms with Gasteiger partial charge in [-0.2, -0.15) is 0 Å². The lowest BCUT2D eigenvalue weighted by atomic mass is 9.94. The fourth-order valence-corrected chi connectivity index (χ4v) is 4.10. The normalized spacial score (nSPS) is 16.4. The van der Waals surface area contributed by atoms with Crippen LogP contribution in [0.2, 0.25) is 0 Å². The third kappa shape index (κ3) is 1.94. The molecule has 6 heteroatoms. The first-order chi connectivity index (χ1) is 12.1. The quantitative estimate of drug-likeness (QED) is 0.744. The van der Waals surface area contributed by atoms with Crippen LogP contribution in [0.15, 0.2) is 24.3 Å². The van der Waals surface area contributed by atoms with Crippen molar-refractivity contribution in [3.8, 4) is 0 Å². The van der Waals surface area contributed by atoms with E-state index in [1.165, 1.54) is 0 Å². The van der Waals surface area contributed by atoms with Crippen LogP contribution in [0.5, 0.6) is 0 Å². The van der Waals surface area contributed by atoms with E-state index in [1.54, 1.807) is 4.90 Å². The van der Waals surface area contributed by atoms with Crippen LogP contribution in [-0.2, 0) is 13.0 Å². The molecule has 3 aromatic rings. The van der Waals surface area contributed by atoms with Crippen molar-refractivity contribution in [2.75, 3.05) is 11.4 Å². The van der Waals surface area contributed by atoms with Gasteiger partial charge in [-0.3, -0.25) is 14.5 Å². The number of anilines is 1. The summed E-state index contributed by atoms with van der Waals surface area (Å²) in [6.45, 7) is 3.20. The van der Waals surface area contributed by atoms with Crippen molar-refractivity contribution < 1.29 is 9.59 Å². The summed E-state index contributed by atoms with van der Waals surface area (Å²) in [5.41, 5.74) is 4.88. The molecule has 0 radical (unpaired) electrons. The van der Waals surface area contributed by atoms with Crippen LogP contribution in [0.3, 0.4) is 0 Å². The van der Waals surface area contributed by atoms with Gasteiger partial charge >= 0.3 is 0 Å². The lowest BCUT2D eigenvalue weighted by Gasteiger charge is -2.13. The number of para-hydroxylation sites is 2. The lowest BCUT2D eigenvalue weighted by Crippen LogP contribution is -2.30. The van der Waals surface area contributed by atoms with Crippen LogP contribution >= 0.6 is 0 Å². The monoisotopic (exact) mass is 334 g/mol. The van der Waals surface area contributed by atoms with Crippen LogP contribution < -0.4 is 4.90 Å². The molecule has 0 atom stereocenters. The Morgan fingerprint density at radius 3 is 2.88 bits per heavy atom. The zero-order valence-electron chi connectivity index (χ0n) is 14.0. The van der Waals surface area contributed by atoms with E-state index in [1.807, 2.05) is 31.2 Å². The zero-order chi connectivity index (χ0) is 17.1. The summed E-state index contributed by atoms with van der Waals surface area (Å²) in [5.74, 6) is 0.723. The molecule has 1 aliphatic carbocycles. The van der Waals surface area contributed by atoms with Gasteiger partial charge < -0.3 is 9.55 Å². The van der Waals surface area contributed by atoms with Crippen molar-refractivity contribution >= 4 is 28.7 Å².